The number of hydrogen-bond acceptors (Lipinski definition) is 4. The minimum absolute atomic E-state index is 0.159. The van der Waals surface area contributed by atoms with Crippen molar-refractivity contribution in [3.05, 3.63) is 59.5 Å². The zero-order valence-electron chi connectivity index (χ0n) is 13.6. The van der Waals surface area contributed by atoms with E-state index in [9.17, 15) is 14.4 Å². The van der Waals surface area contributed by atoms with E-state index in [0.717, 1.165) is 0 Å². The topological polar surface area (TPSA) is 79.6 Å². The third kappa shape index (κ3) is 2.72. The number of nitrogens with one attached hydrogen (secondary N) is 1. The van der Waals surface area contributed by atoms with Crippen LogP contribution in [-0.2, 0) is 9.59 Å². The molecule has 3 amide bonds. The second-order valence-corrected chi connectivity index (χ2v) is 6.67. The van der Waals surface area contributed by atoms with Crippen LogP contribution >= 0.6 is 11.6 Å². The molecule has 0 spiro atoms. The maximum absolute atomic E-state index is 12.6. The first-order valence-corrected chi connectivity index (χ1v) is 8.61. The summed E-state index contributed by atoms with van der Waals surface area (Å²) < 4.78 is 5.04. The molecule has 2 heterocycles. The zero-order valence-corrected chi connectivity index (χ0v) is 14.4. The van der Waals surface area contributed by atoms with Crippen LogP contribution in [0.25, 0.3) is 0 Å². The number of anilines is 2. The fourth-order valence-corrected chi connectivity index (χ4v) is 3.61. The largest absolute Gasteiger partial charge is 0.459 e. The van der Waals surface area contributed by atoms with Crippen molar-refractivity contribution >= 4 is 40.7 Å². The quantitative estimate of drug-likeness (QED) is 0.660. The van der Waals surface area contributed by atoms with Crippen molar-refractivity contribution in [1.29, 1.82) is 0 Å². The van der Waals surface area contributed by atoms with Crippen molar-refractivity contribution in [3.63, 3.8) is 0 Å². The van der Waals surface area contributed by atoms with Crippen molar-refractivity contribution in [2.24, 2.45) is 11.8 Å². The number of benzene rings is 1. The molecule has 4 rings (SSSR count). The van der Waals surface area contributed by atoms with Crippen molar-refractivity contribution in [1.82, 2.24) is 0 Å². The van der Waals surface area contributed by atoms with E-state index in [1.54, 1.807) is 18.2 Å². The molecule has 2 atom stereocenters. The summed E-state index contributed by atoms with van der Waals surface area (Å²) in [7, 11) is 0. The first-order chi connectivity index (χ1) is 12.6. The van der Waals surface area contributed by atoms with Crippen molar-refractivity contribution in [2.75, 3.05) is 10.2 Å². The van der Waals surface area contributed by atoms with E-state index in [-0.39, 0.29) is 34.4 Å². The fourth-order valence-electron chi connectivity index (χ4n) is 3.39. The highest BCUT2D eigenvalue weighted by atomic mass is 35.5. The minimum Gasteiger partial charge on any atom is -0.459 e. The van der Waals surface area contributed by atoms with Crippen LogP contribution in [0.15, 0.2) is 53.2 Å². The molecule has 0 radical (unpaired) electrons. The van der Waals surface area contributed by atoms with Crippen LogP contribution in [0, 0.1) is 11.8 Å². The van der Waals surface area contributed by atoms with Gasteiger partial charge in [-0.1, -0.05) is 23.8 Å². The molecule has 0 bridgehead atoms. The lowest BCUT2D eigenvalue weighted by molar-refractivity contribution is -0.122. The lowest BCUT2D eigenvalue weighted by atomic mass is 9.85. The van der Waals surface area contributed by atoms with Crippen molar-refractivity contribution in [2.45, 2.75) is 12.8 Å². The van der Waals surface area contributed by atoms with Crippen LogP contribution < -0.4 is 10.2 Å². The smallest absolute Gasteiger partial charge is 0.291 e. The number of hydrogen-bond donors (Lipinski definition) is 1. The van der Waals surface area contributed by atoms with E-state index in [0.29, 0.717) is 24.2 Å². The molecule has 7 heteroatoms. The summed E-state index contributed by atoms with van der Waals surface area (Å²) in [6.45, 7) is 0. The summed E-state index contributed by atoms with van der Waals surface area (Å²) in [5.74, 6) is -1.28. The number of carbonyl (C=O) groups is 3. The molecule has 1 aliphatic carbocycles. The molecule has 26 heavy (non-hydrogen) atoms. The third-order valence-electron chi connectivity index (χ3n) is 4.71. The maximum Gasteiger partial charge on any atom is 0.291 e. The van der Waals surface area contributed by atoms with Gasteiger partial charge in [0.05, 0.1) is 34.5 Å². The van der Waals surface area contributed by atoms with Gasteiger partial charge in [0.1, 0.15) is 0 Å². The molecule has 132 valence electrons. The molecular weight excluding hydrogens is 356 g/mol. The molecule has 1 saturated heterocycles. The number of amides is 3. The Labute approximate surface area is 154 Å². The number of rotatable bonds is 3. The Balaban J connectivity index is 1.57. The summed E-state index contributed by atoms with van der Waals surface area (Å²) in [6, 6.07) is 7.83. The predicted octanol–water partition coefficient (Wildman–Crippen LogP) is 3.64. The molecule has 2 aliphatic rings. The Morgan fingerprint density at radius 3 is 2.38 bits per heavy atom. The highest BCUT2D eigenvalue weighted by molar-refractivity contribution is 6.34. The number of fused-ring (bicyclic) bond motifs is 1. The number of nitrogens with zero attached hydrogens (tertiary/aromatic N) is 1. The molecular formula is C19H15ClN2O4. The number of allylic oxidation sites excluding steroid dienone is 2. The third-order valence-corrected chi connectivity index (χ3v) is 5.02. The SMILES string of the molecule is O=C(Nc1ccc(N2C(=O)[C@@H]3CC=CC[C@H]3C2=O)cc1Cl)c1ccco1. The first-order valence-electron chi connectivity index (χ1n) is 8.23. The van der Waals surface area contributed by atoms with Crippen molar-refractivity contribution < 1.29 is 18.8 Å². The zero-order chi connectivity index (χ0) is 18.3. The average molecular weight is 371 g/mol. The van der Waals surface area contributed by atoms with Gasteiger partial charge >= 0.3 is 0 Å². The normalized spacial score (nSPS) is 21.8. The van der Waals surface area contributed by atoms with Gasteiger partial charge in [0, 0.05) is 0 Å². The first kappa shape index (κ1) is 16.6. The Bertz CT molecular complexity index is 894. The van der Waals surface area contributed by atoms with Gasteiger partial charge in [0.25, 0.3) is 5.91 Å². The second kappa shape index (κ2) is 6.46. The molecule has 1 fully saturated rings. The molecule has 6 nitrogen and oxygen atoms in total. The van der Waals surface area contributed by atoms with Crippen LogP contribution in [0.4, 0.5) is 11.4 Å². The Morgan fingerprint density at radius 1 is 1.12 bits per heavy atom. The van der Waals surface area contributed by atoms with Gasteiger partial charge in [0.2, 0.25) is 11.8 Å². The molecule has 0 saturated carbocycles. The summed E-state index contributed by atoms with van der Waals surface area (Å²) in [5.41, 5.74) is 0.783. The Kier molecular flexibility index (Phi) is 4.12. The summed E-state index contributed by atoms with van der Waals surface area (Å²) in [6.07, 6.45) is 6.44. The van der Waals surface area contributed by atoms with E-state index in [4.69, 9.17) is 16.0 Å². The predicted molar refractivity (Wildman–Crippen MR) is 96.0 cm³/mol. The van der Waals surface area contributed by atoms with Crippen LogP contribution in [-0.4, -0.2) is 17.7 Å². The molecule has 1 N–H and O–H groups in total. The highest BCUT2D eigenvalue weighted by Gasteiger charge is 2.47. The Morgan fingerprint density at radius 2 is 1.81 bits per heavy atom. The monoisotopic (exact) mass is 370 g/mol. The van der Waals surface area contributed by atoms with Gasteiger partial charge in [0.15, 0.2) is 5.76 Å². The summed E-state index contributed by atoms with van der Waals surface area (Å²) in [4.78, 5) is 38.5. The fraction of sp³-hybridized carbons (Fsp3) is 0.211. The van der Waals surface area contributed by atoms with Gasteiger partial charge in [-0.25, -0.2) is 4.90 Å². The van der Waals surface area contributed by atoms with E-state index in [2.05, 4.69) is 5.32 Å². The molecule has 1 aliphatic heterocycles. The van der Waals surface area contributed by atoms with E-state index < -0.39 is 5.91 Å². The Hall–Kier alpha value is -2.86. The van der Waals surface area contributed by atoms with Crippen molar-refractivity contribution in [3.8, 4) is 0 Å². The minimum atomic E-state index is -0.435. The molecule has 1 aromatic heterocycles. The van der Waals surface area contributed by atoms with Gasteiger partial charge < -0.3 is 9.73 Å². The summed E-state index contributed by atoms with van der Waals surface area (Å²) >= 11 is 6.25. The maximum atomic E-state index is 12.6. The van der Waals surface area contributed by atoms with E-state index >= 15 is 0 Å². The second-order valence-electron chi connectivity index (χ2n) is 6.26. The van der Waals surface area contributed by atoms with Gasteiger partial charge in [-0.3, -0.25) is 14.4 Å². The lowest BCUT2D eigenvalue weighted by Gasteiger charge is -2.16. The van der Waals surface area contributed by atoms with Gasteiger partial charge in [-0.05, 0) is 43.2 Å². The van der Waals surface area contributed by atoms with Crippen LogP contribution in [0.1, 0.15) is 23.4 Å². The van der Waals surface area contributed by atoms with Crippen LogP contribution in [0.2, 0.25) is 5.02 Å². The molecule has 1 aromatic carbocycles. The average Bonchev–Trinajstić information content (AvgIpc) is 3.26. The molecule has 0 unspecified atom stereocenters. The van der Waals surface area contributed by atoms with E-state index in [1.165, 1.54) is 23.3 Å². The van der Waals surface area contributed by atoms with Gasteiger partial charge in [-0.2, -0.15) is 0 Å². The summed E-state index contributed by atoms with van der Waals surface area (Å²) in [5, 5.41) is 2.87. The number of carbonyl (C=O) groups excluding carboxylic acids is 3. The standard InChI is InChI=1S/C19H15ClN2O4/c20-14-10-11(7-8-15(14)21-17(23)16-6-3-9-26-16)22-18(24)12-4-1-2-5-13(12)19(22)25/h1-3,6-10,12-13H,4-5H2,(H,21,23)/t12-,13-/m1/s1. The van der Waals surface area contributed by atoms with Gasteiger partial charge in [-0.15, -0.1) is 0 Å². The molecule has 2 aromatic rings. The number of furan rings is 1. The highest BCUT2D eigenvalue weighted by Crippen LogP contribution is 2.39. The number of imide groups is 1. The number of halogens is 1. The lowest BCUT2D eigenvalue weighted by Crippen LogP contribution is -2.30. The van der Waals surface area contributed by atoms with E-state index in [1.807, 2.05) is 12.2 Å². The van der Waals surface area contributed by atoms with Crippen LogP contribution in [0.3, 0.4) is 0 Å². The van der Waals surface area contributed by atoms with Crippen LogP contribution in [0.5, 0.6) is 0 Å².